The minimum Gasteiger partial charge on any atom is -0.337 e. The van der Waals surface area contributed by atoms with E-state index in [1.807, 2.05) is 10.8 Å². The predicted octanol–water partition coefficient (Wildman–Crippen LogP) is -1.05. The third-order valence-corrected chi connectivity index (χ3v) is 3.41. The molecule has 1 fully saturated rings. The van der Waals surface area contributed by atoms with Crippen LogP contribution in [0.4, 0.5) is 0 Å². The number of aromatic nitrogens is 2. The van der Waals surface area contributed by atoms with Gasteiger partial charge in [0.2, 0.25) is 0 Å². The zero-order valence-corrected chi connectivity index (χ0v) is 10.9. The summed E-state index contributed by atoms with van der Waals surface area (Å²) in [4.78, 5) is 19.9. The van der Waals surface area contributed by atoms with Crippen molar-refractivity contribution >= 4 is 0 Å². The van der Waals surface area contributed by atoms with E-state index in [2.05, 4.69) is 21.8 Å². The number of nitrogens with two attached hydrogens (primary N) is 1. The molecule has 0 unspecified atom stereocenters. The first-order valence-corrected chi connectivity index (χ1v) is 6.35. The van der Waals surface area contributed by atoms with Crippen molar-refractivity contribution in [3.05, 3.63) is 28.4 Å². The Balaban J connectivity index is 1.88. The molecule has 0 radical (unpaired) electrons. The van der Waals surface area contributed by atoms with Crippen LogP contribution in [-0.4, -0.2) is 59.1 Å². The molecule has 0 saturated carbocycles. The average Bonchev–Trinajstić information content (AvgIpc) is 2.39. The van der Waals surface area contributed by atoms with E-state index in [0.29, 0.717) is 5.56 Å². The van der Waals surface area contributed by atoms with Crippen molar-refractivity contribution in [1.29, 1.82) is 0 Å². The van der Waals surface area contributed by atoms with Crippen molar-refractivity contribution in [1.82, 2.24) is 19.4 Å². The minimum atomic E-state index is -0.214. The summed E-state index contributed by atoms with van der Waals surface area (Å²) in [5, 5.41) is 0. The highest BCUT2D eigenvalue weighted by Gasteiger charge is 2.13. The van der Waals surface area contributed by atoms with Crippen LogP contribution in [0.25, 0.3) is 0 Å². The van der Waals surface area contributed by atoms with E-state index >= 15 is 0 Å². The molecule has 2 rings (SSSR count). The molecule has 6 heteroatoms. The van der Waals surface area contributed by atoms with Crippen LogP contribution in [0.3, 0.4) is 0 Å². The normalized spacial score (nSPS) is 18.1. The Hall–Kier alpha value is -1.24. The molecule has 1 aliphatic heterocycles. The largest absolute Gasteiger partial charge is 0.337 e. The predicted molar refractivity (Wildman–Crippen MR) is 70.3 cm³/mol. The second-order valence-corrected chi connectivity index (χ2v) is 4.79. The number of hydrogen-bond acceptors (Lipinski definition) is 5. The lowest BCUT2D eigenvalue weighted by molar-refractivity contribution is 0.150. The van der Waals surface area contributed by atoms with Crippen LogP contribution in [0.2, 0.25) is 0 Å². The van der Waals surface area contributed by atoms with Gasteiger partial charge in [-0.2, -0.15) is 4.98 Å². The molecule has 2 N–H and O–H groups in total. The minimum absolute atomic E-state index is 0.214. The van der Waals surface area contributed by atoms with E-state index in [-0.39, 0.29) is 12.1 Å². The summed E-state index contributed by atoms with van der Waals surface area (Å²) in [6, 6.07) is 0. The first-order valence-electron chi connectivity index (χ1n) is 6.35. The number of piperazine rings is 1. The molecule has 2 heterocycles. The van der Waals surface area contributed by atoms with Gasteiger partial charge in [0.15, 0.2) is 0 Å². The molecule has 1 aromatic heterocycles. The van der Waals surface area contributed by atoms with Crippen molar-refractivity contribution < 1.29 is 0 Å². The summed E-state index contributed by atoms with van der Waals surface area (Å²) in [7, 11) is 2.15. The van der Waals surface area contributed by atoms with Crippen LogP contribution in [0, 0.1) is 0 Å². The molecule has 0 atom stereocenters. The van der Waals surface area contributed by atoms with Crippen molar-refractivity contribution in [2.75, 3.05) is 39.8 Å². The summed E-state index contributed by atoms with van der Waals surface area (Å²) >= 11 is 0. The molecule has 6 nitrogen and oxygen atoms in total. The summed E-state index contributed by atoms with van der Waals surface area (Å²) in [6.07, 6.45) is 3.41. The molecule has 100 valence electrons. The zero-order valence-electron chi connectivity index (χ0n) is 10.9. The van der Waals surface area contributed by atoms with Gasteiger partial charge in [-0.15, -0.1) is 0 Å². The monoisotopic (exact) mass is 251 g/mol. The second-order valence-electron chi connectivity index (χ2n) is 4.79. The molecule has 1 saturated heterocycles. The Labute approximate surface area is 107 Å². The van der Waals surface area contributed by atoms with Gasteiger partial charge in [0.1, 0.15) is 0 Å². The third kappa shape index (κ3) is 3.38. The topological polar surface area (TPSA) is 67.4 Å². The van der Waals surface area contributed by atoms with Crippen LogP contribution >= 0.6 is 0 Å². The van der Waals surface area contributed by atoms with E-state index in [1.165, 1.54) is 0 Å². The molecule has 0 aromatic carbocycles. The van der Waals surface area contributed by atoms with Crippen molar-refractivity contribution in [2.24, 2.45) is 5.73 Å². The summed E-state index contributed by atoms with van der Waals surface area (Å²) < 4.78 is 1.95. The summed E-state index contributed by atoms with van der Waals surface area (Å²) in [6.45, 7) is 6.54. The van der Waals surface area contributed by atoms with E-state index in [4.69, 9.17) is 5.73 Å². The molecule has 1 aromatic rings. The second kappa shape index (κ2) is 6.08. The standard InChI is InChI=1S/C12H21N5O/c1-15-2-4-16(5-3-15)6-7-17-9-11(8-13)12(18)14-10-17/h9-10H,2-8,13H2,1H3. The summed E-state index contributed by atoms with van der Waals surface area (Å²) in [5.41, 5.74) is 5.87. The Morgan fingerprint density at radius 2 is 2.00 bits per heavy atom. The van der Waals surface area contributed by atoms with Crippen LogP contribution in [-0.2, 0) is 13.1 Å². The van der Waals surface area contributed by atoms with Gasteiger partial charge in [0.25, 0.3) is 5.56 Å². The SMILES string of the molecule is CN1CCN(CCn2cnc(=O)c(CN)c2)CC1. The van der Waals surface area contributed by atoms with Crippen LogP contribution in [0.5, 0.6) is 0 Å². The Bertz CT molecular complexity index is 436. The van der Waals surface area contributed by atoms with Gasteiger partial charge >= 0.3 is 0 Å². The smallest absolute Gasteiger partial charge is 0.277 e. The van der Waals surface area contributed by atoms with Crippen LogP contribution < -0.4 is 11.3 Å². The fourth-order valence-corrected chi connectivity index (χ4v) is 2.09. The fourth-order valence-electron chi connectivity index (χ4n) is 2.09. The van der Waals surface area contributed by atoms with Gasteiger partial charge in [0, 0.05) is 57.6 Å². The third-order valence-electron chi connectivity index (χ3n) is 3.41. The lowest BCUT2D eigenvalue weighted by Crippen LogP contribution is -2.45. The first-order chi connectivity index (χ1) is 8.69. The maximum absolute atomic E-state index is 11.3. The maximum atomic E-state index is 11.3. The maximum Gasteiger partial charge on any atom is 0.277 e. The Morgan fingerprint density at radius 1 is 1.28 bits per heavy atom. The van der Waals surface area contributed by atoms with E-state index in [1.54, 1.807) is 6.33 Å². The lowest BCUT2D eigenvalue weighted by atomic mass is 10.3. The quantitative estimate of drug-likeness (QED) is 0.739. The van der Waals surface area contributed by atoms with Crippen LogP contribution in [0.1, 0.15) is 5.56 Å². The summed E-state index contributed by atoms with van der Waals surface area (Å²) in [5.74, 6) is 0. The van der Waals surface area contributed by atoms with Gasteiger partial charge < -0.3 is 15.2 Å². The molecular weight excluding hydrogens is 230 g/mol. The number of hydrogen-bond donors (Lipinski definition) is 1. The molecule has 0 spiro atoms. The molecule has 18 heavy (non-hydrogen) atoms. The fraction of sp³-hybridized carbons (Fsp3) is 0.667. The van der Waals surface area contributed by atoms with E-state index < -0.39 is 0 Å². The van der Waals surface area contributed by atoms with Crippen molar-refractivity contribution in [2.45, 2.75) is 13.1 Å². The number of rotatable bonds is 4. The number of nitrogens with zero attached hydrogens (tertiary/aromatic N) is 4. The van der Waals surface area contributed by atoms with Gasteiger partial charge in [-0.3, -0.25) is 9.69 Å². The molecule has 0 amide bonds. The van der Waals surface area contributed by atoms with Gasteiger partial charge in [-0.1, -0.05) is 0 Å². The zero-order chi connectivity index (χ0) is 13.0. The molecule has 0 aliphatic carbocycles. The van der Waals surface area contributed by atoms with E-state index in [9.17, 15) is 4.79 Å². The average molecular weight is 251 g/mol. The van der Waals surface area contributed by atoms with Gasteiger partial charge in [-0.05, 0) is 7.05 Å². The Morgan fingerprint density at radius 3 is 2.67 bits per heavy atom. The van der Waals surface area contributed by atoms with Crippen LogP contribution in [0.15, 0.2) is 17.3 Å². The molecule has 1 aliphatic rings. The van der Waals surface area contributed by atoms with Gasteiger partial charge in [-0.25, -0.2) is 0 Å². The highest BCUT2D eigenvalue weighted by atomic mass is 16.1. The van der Waals surface area contributed by atoms with Crippen molar-refractivity contribution in [3.63, 3.8) is 0 Å². The first kappa shape index (κ1) is 13.2. The Kier molecular flexibility index (Phi) is 4.46. The highest BCUT2D eigenvalue weighted by Crippen LogP contribution is 1.99. The van der Waals surface area contributed by atoms with Gasteiger partial charge in [0.05, 0.1) is 6.33 Å². The lowest BCUT2D eigenvalue weighted by Gasteiger charge is -2.32. The highest BCUT2D eigenvalue weighted by molar-refractivity contribution is 5.03. The molecular formula is C12H21N5O. The van der Waals surface area contributed by atoms with Crippen molar-refractivity contribution in [3.8, 4) is 0 Å². The molecule has 0 bridgehead atoms. The van der Waals surface area contributed by atoms with E-state index in [0.717, 1.165) is 39.3 Å². The number of likely N-dealkylation sites (N-methyl/N-ethyl adjacent to an activating group) is 1.